The summed E-state index contributed by atoms with van der Waals surface area (Å²) in [4.78, 5) is 11.9. The molecule has 19 heavy (non-hydrogen) atoms. The summed E-state index contributed by atoms with van der Waals surface area (Å²) in [6.45, 7) is 4.03. The lowest BCUT2D eigenvalue weighted by Crippen LogP contribution is -2.24. The van der Waals surface area contributed by atoms with Crippen LogP contribution in [0.1, 0.15) is 48.7 Å². The van der Waals surface area contributed by atoms with Gasteiger partial charge in [-0.15, -0.1) is 0 Å². The molecule has 4 nitrogen and oxygen atoms in total. The average molecular weight is 259 g/mol. The molecule has 4 heteroatoms. The van der Waals surface area contributed by atoms with Crippen molar-refractivity contribution in [3.05, 3.63) is 29.5 Å². The van der Waals surface area contributed by atoms with E-state index in [0.29, 0.717) is 17.4 Å². The highest BCUT2D eigenvalue weighted by Gasteiger charge is 2.25. The highest BCUT2D eigenvalue weighted by molar-refractivity contribution is 5.96. The van der Waals surface area contributed by atoms with Crippen molar-refractivity contribution < 1.29 is 14.3 Å². The van der Waals surface area contributed by atoms with Crippen LogP contribution in [0.15, 0.2) is 22.6 Å². The third-order valence-electron chi connectivity index (χ3n) is 3.42. The lowest BCUT2D eigenvalue weighted by atomic mass is 10.0. The number of phenolic OH excluding ortho intramolecular Hbond substituents is 1. The van der Waals surface area contributed by atoms with Crippen molar-refractivity contribution in [2.75, 3.05) is 0 Å². The maximum Gasteiger partial charge on any atom is 0.287 e. The number of hydrogen-bond acceptors (Lipinski definition) is 3. The molecule has 1 heterocycles. The molecule has 1 aliphatic carbocycles. The van der Waals surface area contributed by atoms with Crippen LogP contribution < -0.4 is 5.32 Å². The molecule has 3 rings (SSSR count). The fraction of sp³-hybridized carbons (Fsp3) is 0.400. The Balaban J connectivity index is 1.97. The van der Waals surface area contributed by atoms with Gasteiger partial charge in [-0.2, -0.15) is 0 Å². The summed E-state index contributed by atoms with van der Waals surface area (Å²) in [5.41, 5.74) is 1.41. The highest BCUT2D eigenvalue weighted by atomic mass is 16.3. The van der Waals surface area contributed by atoms with Gasteiger partial charge in [0.05, 0.1) is 0 Å². The van der Waals surface area contributed by atoms with Crippen molar-refractivity contribution in [3.8, 4) is 5.75 Å². The van der Waals surface area contributed by atoms with E-state index in [2.05, 4.69) is 5.32 Å². The Morgan fingerprint density at radius 1 is 1.37 bits per heavy atom. The Labute approximate surface area is 111 Å². The van der Waals surface area contributed by atoms with Gasteiger partial charge >= 0.3 is 0 Å². The first-order valence-electron chi connectivity index (χ1n) is 6.62. The van der Waals surface area contributed by atoms with Crippen molar-refractivity contribution in [3.63, 3.8) is 0 Å². The summed E-state index contributed by atoms with van der Waals surface area (Å²) in [6.07, 6.45) is 2.09. The first kappa shape index (κ1) is 12.1. The molecule has 1 fully saturated rings. The van der Waals surface area contributed by atoms with Crippen LogP contribution >= 0.6 is 0 Å². The molecule has 1 amide bonds. The highest BCUT2D eigenvalue weighted by Crippen LogP contribution is 2.32. The summed E-state index contributed by atoms with van der Waals surface area (Å²) in [6, 6.07) is 5.50. The summed E-state index contributed by atoms with van der Waals surface area (Å²) in [5.74, 6) is 0.570. The van der Waals surface area contributed by atoms with Gasteiger partial charge in [-0.05, 0) is 36.5 Å². The summed E-state index contributed by atoms with van der Waals surface area (Å²) in [7, 11) is 0. The van der Waals surface area contributed by atoms with E-state index in [1.165, 1.54) is 0 Å². The zero-order valence-corrected chi connectivity index (χ0v) is 11.1. The van der Waals surface area contributed by atoms with Crippen molar-refractivity contribution in [1.29, 1.82) is 0 Å². The Bertz CT molecular complexity index is 638. The molecule has 2 aromatic rings. The van der Waals surface area contributed by atoms with Gasteiger partial charge in [-0.1, -0.05) is 13.8 Å². The molecule has 0 saturated heterocycles. The third-order valence-corrected chi connectivity index (χ3v) is 3.42. The largest absolute Gasteiger partial charge is 0.508 e. The predicted octanol–water partition coefficient (Wildman–Crippen LogP) is 3.15. The van der Waals surface area contributed by atoms with Gasteiger partial charge in [-0.25, -0.2) is 0 Å². The molecule has 0 unspecified atom stereocenters. The maximum absolute atomic E-state index is 11.9. The van der Waals surface area contributed by atoms with E-state index in [1.54, 1.807) is 12.1 Å². The average Bonchev–Trinajstić information content (AvgIpc) is 3.05. The van der Waals surface area contributed by atoms with E-state index in [9.17, 15) is 9.90 Å². The molecular weight excluding hydrogens is 242 g/mol. The smallest absolute Gasteiger partial charge is 0.287 e. The van der Waals surface area contributed by atoms with Crippen molar-refractivity contribution in [1.82, 2.24) is 5.32 Å². The molecule has 0 bridgehead atoms. The quantitative estimate of drug-likeness (QED) is 0.890. The zero-order chi connectivity index (χ0) is 13.6. The van der Waals surface area contributed by atoms with Gasteiger partial charge in [0.25, 0.3) is 5.91 Å². The molecule has 0 spiro atoms. The van der Waals surface area contributed by atoms with Crippen molar-refractivity contribution in [2.24, 2.45) is 0 Å². The maximum atomic E-state index is 11.9. The lowest BCUT2D eigenvalue weighted by molar-refractivity contribution is 0.0925. The number of benzene rings is 1. The normalized spacial score (nSPS) is 15.1. The minimum Gasteiger partial charge on any atom is -0.508 e. The second-order valence-corrected chi connectivity index (χ2v) is 5.46. The van der Waals surface area contributed by atoms with Crippen molar-refractivity contribution in [2.45, 2.75) is 38.6 Å². The van der Waals surface area contributed by atoms with Crippen LogP contribution in [0.4, 0.5) is 0 Å². The third kappa shape index (κ3) is 2.30. The van der Waals surface area contributed by atoms with Crippen LogP contribution in [0.25, 0.3) is 11.0 Å². The molecule has 1 aromatic heterocycles. The lowest BCUT2D eigenvalue weighted by Gasteiger charge is -2.07. The number of rotatable bonds is 3. The number of furan rings is 1. The number of nitrogens with one attached hydrogen (secondary N) is 1. The Hall–Kier alpha value is -1.97. The Kier molecular flexibility index (Phi) is 2.73. The van der Waals surface area contributed by atoms with Crippen LogP contribution in [0.2, 0.25) is 0 Å². The number of carbonyl (C=O) groups excluding carboxylic acids is 1. The second-order valence-electron chi connectivity index (χ2n) is 5.46. The van der Waals surface area contributed by atoms with Gasteiger partial charge < -0.3 is 14.8 Å². The van der Waals surface area contributed by atoms with Gasteiger partial charge in [0.2, 0.25) is 0 Å². The summed E-state index contributed by atoms with van der Waals surface area (Å²) >= 11 is 0. The van der Waals surface area contributed by atoms with Gasteiger partial charge in [-0.3, -0.25) is 4.79 Å². The van der Waals surface area contributed by atoms with Crippen LogP contribution in [0.3, 0.4) is 0 Å². The van der Waals surface area contributed by atoms with Crippen LogP contribution in [-0.4, -0.2) is 17.1 Å². The van der Waals surface area contributed by atoms with E-state index < -0.39 is 0 Å². The van der Waals surface area contributed by atoms with E-state index >= 15 is 0 Å². The van der Waals surface area contributed by atoms with Gasteiger partial charge in [0.15, 0.2) is 5.76 Å². The number of aromatic hydroxyl groups is 1. The summed E-state index contributed by atoms with van der Waals surface area (Å²) < 4.78 is 5.50. The van der Waals surface area contributed by atoms with Crippen LogP contribution in [-0.2, 0) is 0 Å². The number of fused-ring (bicyclic) bond motifs is 1. The fourth-order valence-electron chi connectivity index (χ4n) is 2.15. The van der Waals surface area contributed by atoms with E-state index in [1.807, 2.05) is 19.9 Å². The van der Waals surface area contributed by atoms with E-state index in [-0.39, 0.29) is 17.6 Å². The van der Waals surface area contributed by atoms with Crippen LogP contribution in [0.5, 0.6) is 5.75 Å². The van der Waals surface area contributed by atoms with Gasteiger partial charge in [0.1, 0.15) is 11.3 Å². The molecular formula is C15H17NO3. The minimum absolute atomic E-state index is 0.177. The summed E-state index contributed by atoms with van der Waals surface area (Å²) in [5, 5.41) is 13.7. The molecule has 0 radical (unpaired) electrons. The minimum atomic E-state index is -0.177. The first-order chi connectivity index (χ1) is 9.04. The molecule has 1 saturated carbocycles. The topological polar surface area (TPSA) is 62.5 Å². The number of carbonyl (C=O) groups is 1. The fourth-order valence-corrected chi connectivity index (χ4v) is 2.15. The first-order valence-corrected chi connectivity index (χ1v) is 6.62. The zero-order valence-electron chi connectivity index (χ0n) is 11.1. The molecule has 0 aliphatic heterocycles. The number of phenols is 1. The Morgan fingerprint density at radius 2 is 2.11 bits per heavy atom. The van der Waals surface area contributed by atoms with E-state index in [4.69, 9.17) is 4.42 Å². The predicted molar refractivity (Wildman–Crippen MR) is 72.5 cm³/mol. The van der Waals surface area contributed by atoms with E-state index in [0.717, 1.165) is 23.8 Å². The Morgan fingerprint density at radius 3 is 2.74 bits per heavy atom. The SMILES string of the molecule is CC(C)c1cc2cc(C(=O)NC3CC3)oc2cc1O. The standard InChI is InChI=1S/C15H17NO3/c1-8(2)11-5-9-6-14(15(18)16-10-3-4-10)19-13(9)7-12(11)17/h5-8,10,17H,3-4H2,1-2H3,(H,16,18). The molecule has 1 aliphatic rings. The van der Waals surface area contributed by atoms with Gasteiger partial charge in [0, 0.05) is 17.5 Å². The monoisotopic (exact) mass is 259 g/mol. The van der Waals surface area contributed by atoms with Crippen LogP contribution in [0, 0.1) is 0 Å². The molecule has 100 valence electrons. The molecule has 0 atom stereocenters. The molecule has 2 N–H and O–H groups in total. The number of amides is 1. The van der Waals surface area contributed by atoms with Crippen molar-refractivity contribution >= 4 is 16.9 Å². The molecule has 1 aromatic carbocycles. The number of hydrogen-bond donors (Lipinski definition) is 2. The second kappa shape index (κ2) is 4.30.